The van der Waals surface area contributed by atoms with E-state index in [-0.39, 0.29) is 17.9 Å². The van der Waals surface area contributed by atoms with Gasteiger partial charge in [-0.15, -0.1) is 0 Å². The molecule has 3 heterocycles. The number of piperidine rings is 1. The van der Waals surface area contributed by atoms with Crippen molar-refractivity contribution in [2.45, 2.75) is 31.7 Å². The van der Waals surface area contributed by atoms with Crippen molar-refractivity contribution >= 4 is 22.7 Å². The van der Waals surface area contributed by atoms with Gasteiger partial charge in [0.2, 0.25) is 5.91 Å². The Morgan fingerprint density at radius 3 is 3.04 bits per heavy atom. The standard InChI is InChI=1S/C19H25N5O2/c25-18(17-7-2-8-20-17)21-10-13-4-3-9-24(12-13)19(26)14-5-1-6-16-15(14)11-22-23-16/h1,5-6,11,13,17,20H,2-4,7-10,12H2,(H,21,25)(H,22,23). The molecule has 0 radical (unpaired) electrons. The second kappa shape index (κ2) is 7.45. The van der Waals surface area contributed by atoms with Crippen LogP contribution in [-0.4, -0.2) is 59.1 Å². The number of nitrogens with zero attached hydrogens (tertiary/aromatic N) is 2. The number of nitrogens with one attached hydrogen (secondary N) is 3. The largest absolute Gasteiger partial charge is 0.354 e. The third-order valence-corrected chi connectivity index (χ3v) is 5.46. The zero-order chi connectivity index (χ0) is 17.9. The minimum Gasteiger partial charge on any atom is -0.354 e. The van der Waals surface area contributed by atoms with Crippen LogP contribution in [0.4, 0.5) is 0 Å². The molecule has 138 valence electrons. The van der Waals surface area contributed by atoms with Gasteiger partial charge in [0.15, 0.2) is 0 Å². The summed E-state index contributed by atoms with van der Waals surface area (Å²) in [7, 11) is 0. The predicted octanol–water partition coefficient (Wildman–Crippen LogP) is 1.28. The summed E-state index contributed by atoms with van der Waals surface area (Å²) in [5.74, 6) is 0.446. The molecule has 4 rings (SSSR count). The fourth-order valence-corrected chi connectivity index (χ4v) is 4.02. The van der Waals surface area contributed by atoms with Crippen molar-refractivity contribution in [2.24, 2.45) is 5.92 Å². The maximum atomic E-state index is 13.0. The monoisotopic (exact) mass is 355 g/mol. The van der Waals surface area contributed by atoms with Crippen molar-refractivity contribution < 1.29 is 9.59 Å². The highest BCUT2D eigenvalue weighted by molar-refractivity contribution is 6.06. The van der Waals surface area contributed by atoms with Crippen molar-refractivity contribution in [3.63, 3.8) is 0 Å². The Bertz CT molecular complexity index is 796. The van der Waals surface area contributed by atoms with E-state index in [0.29, 0.717) is 24.6 Å². The Morgan fingerprint density at radius 1 is 1.27 bits per heavy atom. The van der Waals surface area contributed by atoms with Crippen LogP contribution in [0.25, 0.3) is 10.9 Å². The van der Waals surface area contributed by atoms with Gasteiger partial charge >= 0.3 is 0 Å². The summed E-state index contributed by atoms with van der Waals surface area (Å²) in [5, 5.41) is 14.1. The van der Waals surface area contributed by atoms with Gasteiger partial charge in [-0.25, -0.2) is 0 Å². The molecule has 0 saturated carbocycles. The van der Waals surface area contributed by atoms with Crippen molar-refractivity contribution in [1.29, 1.82) is 0 Å². The average molecular weight is 355 g/mol. The van der Waals surface area contributed by atoms with Crippen LogP contribution in [0.1, 0.15) is 36.0 Å². The van der Waals surface area contributed by atoms with E-state index in [4.69, 9.17) is 0 Å². The minimum atomic E-state index is -0.0463. The molecule has 2 amide bonds. The van der Waals surface area contributed by atoms with Crippen LogP contribution >= 0.6 is 0 Å². The number of rotatable bonds is 4. The molecule has 0 spiro atoms. The van der Waals surface area contributed by atoms with Gasteiger partial charge < -0.3 is 15.5 Å². The van der Waals surface area contributed by atoms with Gasteiger partial charge in [0.05, 0.1) is 23.3 Å². The molecule has 7 nitrogen and oxygen atoms in total. The first kappa shape index (κ1) is 17.0. The number of aromatic amines is 1. The minimum absolute atomic E-state index is 0.0463. The Morgan fingerprint density at radius 2 is 2.19 bits per heavy atom. The van der Waals surface area contributed by atoms with Crippen LogP contribution in [0, 0.1) is 5.92 Å². The number of H-pyrrole nitrogens is 1. The van der Waals surface area contributed by atoms with Gasteiger partial charge in [0, 0.05) is 25.0 Å². The summed E-state index contributed by atoms with van der Waals surface area (Å²) in [4.78, 5) is 27.1. The summed E-state index contributed by atoms with van der Waals surface area (Å²) in [5.41, 5.74) is 1.57. The number of benzene rings is 1. The van der Waals surface area contributed by atoms with Crippen LogP contribution in [0.2, 0.25) is 0 Å². The zero-order valence-electron chi connectivity index (χ0n) is 14.8. The smallest absolute Gasteiger partial charge is 0.254 e. The summed E-state index contributed by atoms with van der Waals surface area (Å²) >= 11 is 0. The van der Waals surface area contributed by atoms with Gasteiger partial charge in [-0.2, -0.15) is 5.10 Å². The first-order valence-electron chi connectivity index (χ1n) is 9.45. The molecule has 0 bridgehead atoms. The lowest BCUT2D eigenvalue weighted by molar-refractivity contribution is -0.123. The van der Waals surface area contributed by atoms with Gasteiger partial charge in [-0.05, 0) is 50.3 Å². The van der Waals surface area contributed by atoms with Crippen LogP contribution in [0.5, 0.6) is 0 Å². The highest BCUT2D eigenvalue weighted by Gasteiger charge is 2.27. The van der Waals surface area contributed by atoms with E-state index in [9.17, 15) is 9.59 Å². The number of likely N-dealkylation sites (tertiary alicyclic amines) is 1. The molecule has 2 atom stereocenters. The van der Waals surface area contributed by atoms with E-state index >= 15 is 0 Å². The third kappa shape index (κ3) is 3.44. The highest BCUT2D eigenvalue weighted by atomic mass is 16.2. The molecule has 1 aromatic carbocycles. The summed E-state index contributed by atoms with van der Waals surface area (Å²) in [6.07, 6.45) is 5.69. The lowest BCUT2D eigenvalue weighted by Crippen LogP contribution is -2.46. The lowest BCUT2D eigenvalue weighted by atomic mass is 9.96. The Kier molecular flexibility index (Phi) is 4.88. The second-order valence-electron chi connectivity index (χ2n) is 7.29. The predicted molar refractivity (Wildman–Crippen MR) is 98.8 cm³/mol. The number of carbonyl (C=O) groups excluding carboxylic acids is 2. The van der Waals surface area contributed by atoms with E-state index in [1.807, 2.05) is 23.1 Å². The lowest BCUT2D eigenvalue weighted by Gasteiger charge is -2.33. The Hall–Kier alpha value is -2.41. The molecule has 0 aliphatic carbocycles. The maximum Gasteiger partial charge on any atom is 0.254 e. The topological polar surface area (TPSA) is 90.1 Å². The summed E-state index contributed by atoms with van der Waals surface area (Å²) in [6, 6.07) is 5.61. The third-order valence-electron chi connectivity index (χ3n) is 5.46. The number of hydrogen-bond acceptors (Lipinski definition) is 4. The van der Waals surface area contributed by atoms with Crippen molar-refractivity contribution in [2.75, 3.05) is 26.2 Å². The molecule has 1 aromatic heterocycles. The molecule has 2 saturated heterocycles. The van der Waals surface area contributed by atoms with E-state index in [1.54, 1.807) is 6.20 Å². The van der Waals surface area contributed by atoms with Crippen LogP contribution in [0.3, 0.4) is 0 Å². The molecule has 7 heteroatoms. The quantitative estimate of drug-likeness (QED) is 0.771. The number of fused-ring (bicyclic) bond motifs is 1. The molecule has 2 aliphatic heterocycles. The number of aromatic nitrogens is 2. The van der Waals surface area contributed by atoms with Gasteiger partial charge in [-0.1, -0.05) is 6.07 Å². The second-order valence-corrected chi connectivity index (χ2v) is 7.29. The van der Waals surface area contributed by atoms with Crippen molar-refractivity contribution in [1.82, 2.24) is 25.7 Å². The van der Waals surface area contributed by atoms with Gasteiger partial charge in [0.25, 0.3) is 5.91 Å². The fourth-order valence-electron chi connectivity index (χ4n) is 4.02. The molecule has 2 unspecified atom stereocenters. The molecule has 26 heavy (non-hydrogen) atoms. The SMILES string of the molecule is O=C(NCC1CCCN(C(=O)c2cccc3[nH]ncc23)C1)C1CCCN1. The summed E-state index contributed by atoms with van der Waals surface area (Å²) < 4.78 is 0. The number of carbonyl (C=O) groups is 2. The molecular weight excluding hydrogens is 330 g/mol. The molecular formula is C19H25N5O2. The van der Waals surface area contributed by atoms with Gasteiger partial charge in [-0.3, -0.25) is 14.7 Å². The van der Waals surface area contributed by atoms with E-state index < -0.39 is 0 Å². The number of hydrogen-bond donors (Lipinski definition) is 3. The first-order chi connectivity index (χ1) is 12.7. The van der Waals surface area contributed by atoms with Crippen LogP contribution in [0.15, 0.2) is 24.4 Å². The molecule has 3 N–H and O–H groups in total. The highest BCUT2D eigenvalue weighted by Crippen LogP contribution is 2.22. The fraction of sp³-hybridized carbons (Fsp3) is 0.526. The molecule has 2 aromatic rings. The van der Waals surface area contributed by atoms with E-state index in [1.165, 1.54) is 0 Å². The van der Waals surface area contributed by atoms with Crippen molar-refractivity contribution in [3.8, 4) is 0 Å². The van der Waals surface area contributed by atoms with Crippen molar-refractivity contribution in [3.05, 3.63) is 30.0 Å². The van der Waals surface area contributed by atoms with Crippen LogP contribution in [-0.2, 0) is 4.79 Å². The molecule has 2 fully saturated rings. The van der Waals surface area contributed by atoms with E-state index in [0.717, 1.165) is 49.7 Å². The van der Waals surface area contributed by atoms with Crippen LogP contribution < -0.4 is 10.6 Å². The average Bonchev–Trinajstić information content (AvgIpc) is 3.37. The maximum absolute atomic E-state index is 13.0. The first-order valence-corrected chi connectivity index (χ1v) is 9.45. The van der Waals surface area contributed by atoms with E-state index in [2.05, 4.69) is 20.8 Å². The normalized spacial score (nSPS) is 23.3. The summed E-state index contributed by atoms with van der Waals surface area (Å²) in [6.45, 7) is 3.01. The molecule has 2 aliphatic rings. The zero-order valence-corrected chi connectivity index (χ0v) is 14.8. The Labute approximate surface area is 152 Å². The van der Waals surface area contributed by atoms with Gasteiger partial charge in [0.1, 0.15) is 0 Å². The Balaban J connectivity index is 1.38. The number of amides is 2.